The van der Waals surface area contributed by atoms with Crippen LogP contribution >= 0.6 is 11.8 Å². The van der Waals surface area contributed by atoms with Crippen LogP contribution in [0.25, 0.3) is 0 Å². The zero-order valence-electron chi connectivity index (χ0n) is 13.0. The Morgan fingerprint density at radius 2 is 2.10 bits per heavy atom. The first-order valence-electron chi connectivity index (χ1n) is 7.72. The maximum Gasteiger partial charge on any atom is 0.230 e. The van der Waals surface area contributed by atoms with Gasteiger partial charge >= 0.3 is 0 Å². The Bertz CT molecular complexity index is 470. The highest BCUT2D eigenvalue weighted by Crippen LogP contribution is 2.19. The Kier molecular flexibility index (Phi) is 6.43. The van der Waals surface area contributed by atoms with E-state index in [-0.39, 0.29) is 5.91 Å². The van der Waals surface area contributed by atoms with Crippen LogP contribution in [-0.4, -0.2) is 30.1 Å². The van der Waals surface area contributed by atoms with Crippen LogP contribution in [0.15, 0.2) is 18.2 Å². The number of amides is 1. The molecule has 21 heavy (non-hydrogen) atoms. The Morgan fingerprint density at radius 3 is 2.86 bits per heavy atom. The molecule has 2 rings (SSSR count). The molecule has 0 saturated heterocycles. The molecule has 0 heterocycles. The number of benzene rings is 1. The molecule has 1 amide bonds. The molecule has 0 bridgehead atoms. The van der Waals surface area contributed by atoms with Crippen LogP contribution in [-0.2, 0) is 4.79 Å². The van der Waals surface area contributed by atoms with E-state index in [0.29, 0.717) is 18.4 Å². The average Bonchev–Trinajstić information content (AvgIpc) is 2.95. The summed E-state index contributed by atoms with van der Waals surface area (Å²) in [4.78, 5) is 11.8. The molecule has 1 fully saturated rings. The van der Waals surface area contributed by atoms with E-state index in [9.17, 15) is 4.79 Å². The fourth-order valence-corrected chi connectivity index (χ4v) is 3.19. The molecule has 0 aromatic heterocycles. The summed E-state index contributed by atoms with van der Waals surface area (Å²) in [6, 6.07) is 6.65. The van der Waals surface area contributed by atoms with Crippen molar-refractivity contribution in [2.24, 2.45) is 0 Å². The second-order valence-corrected chi connectivity index (χ2v) is 6.82. The summed E-state index contributed by atoms with van der Waals surface area (Å²) >= 11 is 1.64. The minimum atomic E-state index is 0.165. The standard InChI is InChI=1S/C17H25NO2S/c1-13-7-8-14(2)16(11-13)20-9-10-21-12-17(19)18-15-5-3-4-6-15/h7-8,11,15H,3-6,9-10,12H2,1-2H3,(H,18,19). The molecule has 0 spiro atoms. The van der Waals surface area contributed by atoms with Crippen LogP contribution in [0.5, 0.6) is 5.75 Å². The van der Waals surface area contributed by atoms with Gasteiger partial charge in [0, 0.05) is 11.8 Å². The molecule has 1 aromatic carbocycles. The lowest BCUT2D eigenvalue weighted by Gasteiger charge is -2.12. The molecule has 116 valence electrons. The predicted molar refractivity (Wildman–Crippen MR) is 89.1 cm³/mol. The third-order valence-corrected chi connectivity index (χ3v) is 4.70. The highest BCUT2D eigenvalue weighted by Gasteiger charge is 2.16. The lowest BCUT2D eigenvalue weighted by Crippen LogP contribution is -2.34. The van der Waals surface area contributed by atoms with Crippen LogP contribution < -0.4 is 10.1 Å². The smallest absolute Gasteiger partial charge is 0.230 e. The predicted octanol–water partition coefficient (Wildman–Crippen LogP) is 3.47. The fourth-order valence-electron chi connectivity index (χ4n) is 2.58. The number of nitrogens with one attached hydrogen (secondary N) is 1. The third kappa shape index (κ3) is 5.62. The molecule has 1 saturated carbocycles. The molecule has 0 radical (unpaired) electrons. The quantitative estimate of drug-likeness (QED) is 0.784. The van der Waals surface area contributed by atoms with Gasteiger partial charge in [0.15, 0.2) is 0 Å². The van der Waals surface area contributed by atoms with E-state index >= 15 is 0 Å². The van der Waals surface area contributed by atoms with E-state index < -0.39 is 0 Å². The van der Waals surface area contributed by atoms with Crippen molar-refractivity contribution in [3.63, 3.8) is 0 Å². The number of carbonyl (C=O) groups excluding carboxylic acids is 1. The average molecular weight is 307 g/mol. The molecule has 1 aromatic rings. The summed E-state index contributed by atoms with van der Waals surface area (Å²) in [6.45, 7) is 4.76. The largest absolute Gasteiger partial charge is 0.492 e. The molecule has 4 heteroatoms. The van der Waals surface area contributed by atoms with Crippen LogP contribution in [0.4, 0.5) is 0 Å². The lowest BCUT2D eigenvalue weighted by molar-refractivity contribution is -0.119. The Hall–Kier alpha value is -1.16. The zero-order valence-corrected chi connectivity index (χ0v) is 13.8. The van der Waals surface area contributed by atoms with E-state index in [1.165, 1.54) is 18.4 Å². The minimum absolute atomic E-state index is 0.165. The summed E-state index contributed by atoms with van der Waals surface area (Å²) in [6.07, 6.45) is 4.79. The summed E-state index contributed by atoms with van der Waals surface area (Å²) in [5, 5.41) is 3.10. The van der Waals surface area contributed by atoms with Crippen molar-refractivity contribution in [3.05, 3.63) is 29.3 Å². The van der Waals surface area contributed by atoms with Crippen molar-refractivity contribution in [3.8, 4) is 5.75 Å². The number of hydrogen-bond donors (Lipinski definition) is 1. The van der Waals surface area contributed by atoms with Gasteiger partial charge in [-0.05, 0) is 43.9 Å². The van der Waals surface area contributed by atoms with Crippen LogP contribution in [0, 0.1) is 13.8 Å². The molecule has 0 unspecified atom stereocenters. The van der Waals surface area contributed by atoms with Crippen molar-refractivity contribution in [2.75, 3.05) is 18.1 Å². The van der Waals surface area contributed by atoms with Gasteiger partial charge in [0.2, 0.25) is 5.91 Å². The minimum Gasteiger partial charge on any atom is -0.492 e. The number of thioether (sulfide) groups is 1. The van der Waals surface area contributed by atoms with Crippen molar-refractivity contribution in [1.29, 1.82) is 0 Å². The number of ether oxygens (including phenoxy) is 1. The maximum atomic E-state index is 11.8. The van der Waals surface area contributed by atoms with E-state index in [2.05, 4.69) is 37.4 Å². The van der Waals surface area contributed by atoms with Gasteiger partial charge in [-0.1, -0.05) is 25.0 Å². The van der Waals surface area contributed by atoms with E-state index in [4.69, 9.17) is 4.74 Å². The number of rotatable bonds is 7. The van der Waals surface area contributed by atoms with Gasteiger partial charge in [-0.15, -0.1) is 11.8 Å². The second kappa shape index (κ2) is 8.32. The molecule has 0 atom stereocenters. The first kappa shape index (κ1) is 16.2. The van der Waals surface area contributed by atoms with Gasteiger partial charge in [0.1, 0.15) is 5.75 Å². The summed E-state index contributed by atoms with van der Waals surface area (Å²) < 4.78 is 5.78. The van der Waals surface area contributed by atoms with E-state index in [1.54, 1.807) is 11.8 Å². The zero-order chi connectivity index (χ0) is 15.1. The van der Waals surface area contributed by atoms with Crippen LogP contribution in [0.1, 0.15) is 36.8 Å². The third-order valence-electron chi connectivity index (χ3n) is 3.78. The Labute approximate surface area is 131 Å². The normalized spacial score (nSPS) is 15.1. The number of hydrogen-bond acceptors (Lipinski definition) is 3. The summed E-state index contributed by atoms with van der Waals surface area (Å²) in [7, 11) is 0. The first-order chi connectivity index (χ1) is 10.1. The van der Waals surface area contributed by atoms with Gasteiger partial charge < -0.3 is 10.1 Å². The summed E-state index contributed by atoms with van der Waals surface area (Å²) in [5.74, 6) is 2.49. The van der Waals surface area contributed by atoms with Crippen molar-refractivity contribution < 1.29 is 9.53 Å². The Morgan fingerprint density at radius 1 is 1.33 bits per heavy atom. The monoisotopic (exact) mass is 307 g/mol. The van der Waals surface area contributed by atoms with Crippen molar-refractivity contribution in [2.45, 2.75) is 45.6 Å². The first-order valence-corrected chi connectivity index (χ1v) is 8.88. The van der Waals surface area contributed by atoms with Crippen LogP contribution in [0.2, 0.25) is 0 Å². The molecule has 1 N–H and O–H groups in total. The van der Waals surface area contributed by atoms with Crippen molar-refractivity contribution in [1.82, 2.24) is 5.32 Å². The second-order valence-electron chi connectivity index (χ2n) is 5.72. The molecular formula is C17H25NO2S. The molecule has 0 aliphatic heterocycles. The highest BCUT2D eigenvalue weighted by molar-refractivity contribution is 7.99. The SMILES string of the molecule is Cc1ccc(C)c(OCCSCC(=O)NC2CCCC2)c1. The molecule has 3 nitrogen and oxygen atoms in total. The van der Waals surface area contributed by atoms with Gasteiger partial charge in [-0.3, -0.25) is 4.79 Å². The van der Waals surface area contributed by atoms with E-state index in [1.807, 2.05) is 0 Å². The van der Waals surface area contributed by atoms with E-state index in [0.717, 1.165) is 29.9 Å². The number of aryl methyl sites for hydroxylation is 2. The van der Waals surface area contributed by atoms with Gasteiger partial charge in [0.05, 0.1) is 12.4 Å². The maximum absolute atomic E-state index is 11.8. The van der Waals surface area contributed by atoms with Gasteiger partial charge in [-0.25, -0.2) is 0 Å². The highest BCUT2D eigenvalue weighted by atomic mass is 32.2. The van der Waals surface area contributed by atoms with Gasteiger partial charge in [0.25, 0.3) is 0 Å². The molecule has 1 aliphatic rings. The summed E-state index contributed by atoms with van der Waals surface area (Å²) in [5.41, 5.74) is 2.36. The molecule has 1 aliphatic carbocycles. The molecular weight excluding hydrogens is 282 g/mol. The fraction of sp³-hybridized carbons (Fsp3) is 0.588. The number of carbonyl (C=O) groups is 1. The topological polar surface area (TPSA) is 38.3 Å². The lowest BCUT2D eigenvalue weighted by atomic mass is 10.1. The Balaban J connectivity index is 1.59. The van der Waals surface area contributed by atoms with Crippen molar-refractivity contribution >= 4 is 17.7 Å². The van der Waals surface area contributed by atoms with Gasteiger partial charge in [-0.2, -0.15) is 0 Å². The van der Waals surface area contributed by atoms with Crippen LogP contribution in [0.3, 0.4) is 0 Å².